The van der Waals surface area contributed by atoms with Crippen molar-refractivity contribution in [1.29, 1.82) is 0 Å². The van der Waals surface area contributed by atoms with Crippen LogP contribution in [0.4, 0.5) is 5.69 Å². The third kappa shape index (κ3) is 4.58. The van der Waals surface area contributed by atoms with Crippen LogP contribution in [-0.2, 0) is 10.0 Å². The first-order chi connectivity index (χ1) is 12.9. The second-order valence-corrected chi connectivity index (χ2v) is 7.57. The topological polar surface area (TPSA) is 84.9 Å². The summed E-state index contributed by atoms with van der Waals surface area (Å²) in [6, 6.07) is 11.0. The molecule has 7 nitrogen and oxygen atoms in total. The highest BCUT2D eigenvalue weighted by molar-refractivity contribution is 7.89. The fourth-order valence-corrected chi connectivity index (χ4v) is 4.07. The van der Waals surface area contributed by atoms with E-state index in [4.69, 9.17) is 9.47 Å². The summed E-state index contributed by atoms with van der Waals surface area (Å²) in [5, 5.41) is 2.74. The van der Waals surface area contributed by atoms with Gasteiger partial charge in [-0.3, -0.25) is 4.79 Å². The van der Waals surface area contributed by atoms with Gasteiger partial charge in [0, 0.05) is 18.8 Å². The van der Waals surface area contributed by atoms with E-state index in [9.17, 15) is 13.2 Å². The van der Waals surface area contributed by atoms with Gasteiger partial charge < -0.3 is 14.8 Å². The molecule has 27 heavy (non-hydrogen) atoms. The molecule has 0 fully saturated rings. The number of anilines is 1. The van der Waals surface area contributed by atoms with Gasteiger partial charge in [-0.05, 0) is 42.5 Å². The molecule has 0 saturated carbocycles. The number of hydrogen-bond acceptors (Lipinski definition) is 5. The summed E-state index contributed by atoms with van der Waals surface area (Å²) in [7, 11) is -0.544. The Labute approximate surface area is 160 Å². The summed E-state index contributed by atoms with van der Waals surface area (Å²) in [5.41, 5.74) is 0.792. The van der Waals surface area contributed by atoms with Gasteiger partial charge in [-0.1, -0.05) is 13.8 Å². The Hall–Kier alpha value is -2.58. The van der Waals surface area contributed by atoms with E-state index in [0.717, 1.165) is 0 Å². The lowest BCUT2D eigenvalue weighted by atomic mass is 10.1. The van der Waals surface area contributed by atoms with E-state index >= 15 is 0 Å². The van der Waals surface area contributed by atoms with Crippen molar-refractivity contribution in [2.24, 2.45) is 0 Å². The second-order valence-electron chi connectivity index (χ2n) is 5.63. The number of rotatable bonds is 8. The fourth-order valence-electron chi connectivity index (χ4n) is 2.61. The lowest BCUT2D eigenvalue weighted by molar-refractivity contribution is 0.102. The van der Waals surface area contributed by atoms with E-state index in [-0.39, 0.29) is 10.8 Å². The van der Waals surface area contributed by atoms with Crippen LogP contribution in [0.15, 0.2) is 47.4 Å². The zero-order valence-electron chi connectivity index (χ0n) is 15.9. The third-order valence-electron chi connectivity index (χ3n) is 4.11. The van der Waals surface area contributed by atoms with Crippen LogP contribution in [0, 0.1) is 0 Å². The van der Waals surface area contributed by atoms with Crippen molar-refractivity contribution in [2.75, 3.05) is 32.6 Å². The molecule has 0 atom stereocenters. The molecule has 0 saturated heterocycles. The molecule has 0 heterocycles. The summed E-state index contributed by atoms with van der Waals surface area (Å²) >= 11 is 0. The van der Waals surface area contributed by atoms with Crippen molar-refractivity contribution in [3.05, 3.63) is 48.0 Å². The van der Waals surface area contributed by atoms with Gasteiger partial charge in [-0.15, -0.1) is 0 Å². The maximum atomic E-state index is 12.6. The quantitative estimate of drug-likeness (QED) is 0.746. The van der Waals surface area contributed by atoms with Gasteiger partial charge in [-0.25, -0.2) is 8.42 Å². The van der Waals surface area contributed by atoms with Crippen molar-refractivity contribution in [2.45, 2.75) is 18.7 Å². The number of methoxy groups -OCH3 is 2. The Kier molecular flexibility index (Phi) is 6.81. The highest BCUT2D eigenvalue weighted by atomic mass is 32.2. The van der Waals surface area contributed by atoms with Gasteiger partial charge in [-0.2, -0.15) is 4.31 Å². The standard InChI is InChI=1S/C19H24N2O5S/c1-5-21(6-2)27(23,24)16-10-7-14(8-11-16)20-19(22)17-13-15(25-3)9-12-18(17)26-4/h7-13H,5-6H2,1-4H3,(H,20,22). The molecule has 0 bridgehead atoms. The molecule has 8 heteroatoms. The maximum Gasteiger partial charge on any atom is 0.259 e. The SMILES string of the molecule is CCN(CC)S(=O)(=O)c1ccc(NC(=O)c2cc(OC)ccc2OC)cc1. The van der Waals surface area contributed by atoms with Crippen LogP contribution in [0.3, 0.4) is 0 Å². The van der Waals surface area contributed by atoms with Gasteiger partial charge in [0.1, 0.15) is 11.5 Å². The first-order valence-electron chi connectivity index (χ1n) is 8.50. The number of nitrogens with one attached hydrogen (secondary N) is 1. The third-order valence-corrected chi connectivity index (χ3v) is 6.17. The first kappa shape index (κ1) is 20.7. The molecule has 2 aromatic carbocycles. The van der Waals surface area contributed by atoms with E-state index < -0.39 is 10.0 Å². The summed E-state index contributed by atoms with van der Waals surface area (Å²) in [6.45, 7) is 4.37. The number of nitrogens with zero attached hydrogens (tertiary/aromatic N) is 1. The van der Waals surface area contributed by atoms with Gasteiger partial charge >= 0.3 is 0 Å². The molecule has 1 N–H and O–H groups in total. The summed E-state index contributed by atoms with van der Waals surface area (Å²) in [6.07, 6.45) is 0. The number of benzene rings is 2. The largest absolute Gasteiger partial charge is 0.497 e. The predicted octanol–water partition coefficient (Wildman–Crippen LogP) is 2.99. The molecule has 146 valence electrons. The number of carbonyl (C=O) groups is 1. The molecule has 0 aliphatic rings. The molecule has 0 aromatic heterocycles. The van der Waals surface area contributed by atoms with E-state index in [2.05, 4.69) is 5.32 Å². The Morgan fingerprint density at radius 2 is 1.63 bits per heavy atom. The number of sulfonamides is 1. The van der Waals surface area contributed by atoms with Crippen LogP contribution in [0.25, 0.3) is 0 Å². The zero-order valence-corrected chi connectivity index (χ0v) is 16.7. The van der Waals surface area contributed by atoms with E-state index in [0.29, 0.717) is 35.8 Å². The smallest absolute Gasteiger partial charge is 0.259 e. The maximum absolute atomic E-state index is 12.6. The highest BCUT2D eigenvalue weighted by Crippen LogP contribution is 2.25. The van der Waals surface area contributed by atoms with Gasteiger partial charge in [0.2, 0.25) is 10.0 Å². The molecule has 2 aromatic rings. The van der Waals surface area contributed by atoms with Crippen LogP contribution in [0.1, 0.15) is 24.2 Å². The summed E-state index contributed by atoms with van der Waals surface area (Å²) in [5.74, 6) is 0.556. The van der Waals surface area contributed by atoms with Crippen LogP contribution >= 0.6 is 0 Å². The zero-order chi connectivity index (χ0) is 20.0. The Morgan fingerprint density at radius 1 is 1.00 bits per heavy atom. The highest BCUT2D eigenvalue weighted by Gasteiger charge is 2.21. The molecule has 1 amide bonds. The Morgan fingerprint density at radius 3 is 2.15 bits per heavy atom. The lowest BCUT2D eigenvalue weighted by Crippen LogP contribution is -2.30. The number of hydrogen-bond donors (Lipinski definition) is 1. The average Bonchev–Trinajstić information content (AvgIpc) is 2.68. The van der Waals surface area contributed by atoms with Crippen LogP contribution < -0.4 is 14.8 Å². The van der Waals surface area contributed by atoms with Gasteiger partial charge in [0.15, 0.2) is 0 Å². The molecular formula is C19H24N2O5S. The van der Waals surface area contributed by atoms with Crippen molar-refractivity contribution < 1.29 is 22.7 Å². The van der Waals surface area contributed by atoms with Gasteiger partial charge in [0.05, 0.1) is 24.7 Å². The number of amides is 1. The Balaban J connectivity index is 2.23. The van der Waals surface area contributed by atoms with Crippen molar-refractivity contribution in [3.63, 3.8) is 0 Å². The second kappa shape index (κ2) is 8.88. The predicted molar refractivity (Wildman–Crippen MR) is 104 cm³/mol. The molecule has 0 radical (unpaired) electrons. The molecule has 0 spiro atoms. The average molecular weight is 392 g/mol. The molecule has 0 unspecified atom stereocenters. The fraction of sp³-hybridized carbons (Fsp3) is 0.316. The van der Waals surface area contributed by atoms with Crippen LogP contribution in [0.5, 0.6) is 11.5 Å². The minimum atomic E-state index is -3.53. The van der Waals surface area contributed by atoms with Crippen molar-refractivity contribution in [3.8, 4) is 11.5 Å². The molecule has 0 aliphatic carbocycles. The van der Waals surface area contributed by atoms with Crippen LogP contribution in [0.2, 0.25) is 0 Å². The monoisotopic (exact) mass is 392 g/mol. The van der Waals surface area contributed by atoms with E-state index in [1.165, 1.54) is 30.7 Å². The van der Waals surface area contributed by atoms with Gasteiger partial charge in [0.25, 0.3) is 5.91 Å². The molecular weight excluding hydrogens is 368 g/mol. The molecule has 2 rings (SSSR count). The Bertz CT molecular complexity index is 891. The van der Waals surface area contributed by atoms with E-state index in [1.54, 1.807) is 44.2 Å². The van der Waals surface area contributed by atoms with Crippen molar-refractivity contribution >= 4 is 21.6 Å². The lowest BCUT2D eigenvalue weighted by Gasteiger charge is -2.18. The minimum absolute atomic E-state index is 0.183. The summed E-state index contributed by atoms with van der Waals surface area (Å²) < 4.78 is 36.8. The minimum Gasteiger partial charge on any atom is -0.497 e. The van der Waals surface area contributed by atoms with Crippen molar-refractivity contribution in [1.82, 2.24) is 4.31 Å². The first-order valence-corrected chi connectivity index (χ1v) is 9.95. The molecule has 0 aliphatic heterocycles. The van der Waals surface area contributed by atoms with Crippen LogP contribution in [-0.4, -0.2) is 45.9 Å². The normalized spacial score (nSPS) is 11.3. The number of ether oxygens (including phenoxy) is 2. The number of carbonyl (C=O) groups excluding carboxylic acids is 1. The van der Waals surface area contributed by atoms with E-state index in [1.807, 2.05) is 0 Å². The summed E-state index contributed by atoms with van der Waals surface area (Å²) in [4.78, 5) is 12.8.